The molecule has 1 aliphatic carbocycles. The van der Waals surface area contributed by atoms with Gasteiger partial charge >= 0.3 is 0 Å². The van der Waals surface area contributed by atoms with Crippen LogP contribution in [-0.2, 0) is 5.41 Å². The Morgan fingerprint density at radius 2 is 1.04 bits per heavy atom. The number of hydrogen-bond acceptors (Lipinski definition) is 5. The Bertz CT molecular complexity index is 2070. The lowest BCUT2D eigenvalue weighted by Gasteiger charge is -2.42. The topological polar surface area (TPSA) is 55.8 Å². The van der Waals surface area contributed by atoms with Crippen LogP contribution in [0.3, 0.4) is 0 Å². The minimum absolute atomic E-state index is 0.115. The molecule has 48 heavy (non-hydrogen) atoms. The van der Waals surface area contributed by atoms with Crippen molar-refractivity contribution in [3.63, 3.8) is 0 Å². The Morgan fingerprint density at radius 3 is 1.54 bits per heavy atom. The number of nitrogens with zero attached hydrogens (tertiary/aromatic N) is 1. The van der Waals surface area contributed by atoms with Crippen molar-refractivity contribution in [2.75, 3.05) is 4.90 Å². The van der Waals surface area contributed by atoms with Crippen molar-refractivity contribution in [1.29, 1.82) is 0 Å². The summed E-state index contributed by atoms with van der Waals surface area (Å²) in [7, 11) is 0. The van der Waals surface area contributed by atoms with Crippen molar-refractivity contribution in [2.24, 2.45) is 0 Å². The fourth-order valence-electron chi connectivity index (χ4n) is 6.91. The molecule has 5 aromatic rings. The molecule has 2 aliphatic rings. The van der Waals surface area contributed by atoms with E-state index >= 15 is 0 Å². The number of benzene rings is 5. The van der Waals surface area contributed by atoms with Crippen molar-refractivity contribution in [3.05, 3.63) is 130 Å². The van der Waals surface area contributed by atoms with Crippen LogP contribution in [0.15, 0.2) is 103 Å². The summed E-state index contributed by atoms with van der Waals surface area (Å²) in [6.45, 7) is 16.5. The first-order chi connectivity index (χ1) is 22.6. The third-order valence-corrected chi connectivity index (χ3v) is 8.97. The molecule has 7 rings (SSSR count). The number of para-hydroxylation sites is 2. The molecule has 0 bridgehead atoms. The molecule has 5 aromatic carbocycles. The third kappa shape index (κ3) is 5.37. The van der Waals surface area contributed by atoms with Crippen LogP contribution in [-0.4, -0.2) is 22.8 Å². The second-order valence-corrected chi connectivity index (χ2v) is 15.2. The highest BCUT2D eigenvalue weighted by Crippen LogP contribution is 2.54. The van der Waals surface area contributed by atoms with Gasteiger partial charge in [0.1, 0.15) is 22.7 Å². The average molecular weight is 636 g/mol. The standard InChI is InChI=1S/C43H41NO4/c1-41(2,3)47-37-25-36(44-34-19-13-11-17-32(34)43(7,8)33-18-12-14-20-35(33)44)38(48-42(4,5)6)24-28(37)23-31-39(45)29-21-26-15-9-10-16-27(26)22-30(29)40(31)46/h9-25H,1-8H3. The maximum absolute atomic E-state index is 13.8. The second-order valence-electron chi connectivity index (χ2n) is 15.2. The molecule has 0 fully saturated rings. The molecular formula is C43H41NO4. The highest BCUT2D eigenvalue weighted by Gasteiger charge is 2.39. The van der Waals surface area contributed by atoms with Gasteiger partial charge < -0.3 is 14.4 Å². The molecule has 0 unspecified atom stereocenters. The van der Waals surface area contributed by atoms with E-state index in [4.69, 9.17) is 9.47 Å². The maximum atomic E-state index is 13.8. The quantitative estimate of drug-likeness (QED) is 0.145. The van der Waals surface area contributed by atoms with Gasteiger partial charge in [-0.15, -0.1) is 0 Å². The second kappa shape index (κ2) is 10.9. The van der Waals surface area contributed by atoms with Crippen molar-refractivity contribution in [3.8, 4) is 11.5 Å². The smallest absolute Gasteiger partial charge is 0.197 e. The number of ketones is 2. The van der Waals surface area contributed by atoms with E-state index in [1.807, 2.05) is 90.1 Å². The van der Waals surface area contributed by atoms with Gasteiger partial charge in [-0.2, -0.15) is 0 Å². The van der Waals surface area contributed by atoms with Crippen LogP contribution in [0.2, 0.25) is 0 Å². The SMILES string of the molecule is CC(C)(C)Oc1cc(N2c3ccccc3C(C)(C)c3ccccc32)c(OC(C)(C)C)cc1C=C1C(=O)c2cc3ccccc3cc2C1=O. The maximum Gasteiger partial charge on any atom is 0.197 e. The molecule has 0 atom stereocenters. The number of anilines is 3. The number of carbonyl (C=O) groups is 2. The fourth-order valence-corrected chi connectivity index (χ4v) is 6.91. The molecular weight excluding hydrogens is 594 g/mol. The number of allylic oxidation sites excluding steroid dienone is 1. The van der Waals surface area contributed by atoms with Gasteiger partial charge in [0, 0.05) is 28.2 Å². The largest absolute Gasteiger partial charge is 0.487 e. The van der Waals surface area contributed by atoms with Gasteiger partial charge in [-0.05, 0) is 99.8 Å². The molecule has 5 heteroatoms. The lowest BCUT2D eigenvalue weighted by Crippen LogP contribution is -2.31. The van der Waals surface area contributed by atoms with E-state index in [0.717, 1.165) is 27.8 Å². The molecule has 0 saturated carbocycles. The zero-order chi connectivity index (χ0) is 34.2. The first-order valence-corrected chi connectivity index (χ1v) is 16.5. The Hall–Kier alpha value is -5.16. The Kier molecular flexibility index (Phi) is 7.17. The van der Waals surface area contributed by atoms with Gasteiger partial charge in [0.2, 0.25) is 0 Å². The molecule has 0 radical (unpaired) electrons. The molecule has 0 amide bonds. The molecule has 0 aromatic heterocycles. The molecule has 242 valence electrons. The molecule has 1 heterocycles. The summed E-state index contributed by atoms with van der Waals surface area (Å²) < 4.78 is 13.4. The van der Waals surface area contributed by atoms with Crippen molar-refractivity contribution in [2.45, 2.75) is 72.0 Å². The van der Waals surface area contributed by atoms with E-state index in [-0.39, 0.29) is 22.6 Å². The first kappa shape index (κ1) is 31.4. The predicted molar refractivity (Wildman–Crippen MR) is 195 cm³/mol. The van der Waals surface area contributed by atoms with E-state index in [2.05, 4.69) is 67.3 Å². The Balaban J connectivity index is 1.46. The lowest BCUT2D eigenvalue weighted by molar-refractivity contribution is 0.0990. The van der Waals surface area contributed by atoms with Crippen molar-refractivity contribution in [1.82, 2.24) is 0 Å². The van der Waals surface area contributed by atoms with E-state index in [1.165, 1.54) is 11.1 Å². The first-order valence-electron chi connectivity index (χ1n) is 16.5. The zero-order valence-electron chi connectivity index (χ0n) is 28.9. The van der Waals surface area contributed by atoms with Crippen LogP contribution in [0.5, 0.6) is 11.5 Å². The minimum Gasteiger partial charge on any atom is -0.487 e. The van der Waals surface area contributed by atoms with Crippen LogP contribution in [0.4, 0.5) is 17.1 Å². The van der Waals surface area contributed by atoms with Gasteiger partial charge in [0.05, 0.1) is 22.6 Å². The predicted octanol–water partition coefficient (Wildman–Crippen LogP) is 10.8. The molecule has 1 aliphatic heterocycles. The van der Waals surface area contributed by atoms with Crippen LogP contribution >= 0.6 is 0 Å². The number of hydrogen-bond donors (Lipinski definition) is 0. The number of fused-ring (bicyclic) bond motifs is 4. The van der Waals surface area contributed by atoms with Crippen molar-refractivity contribution >= 4 is 45.5 Å². The number of rotatable bonds is 4. The summed E-state index contributed by atoms with van der Waals surface area (Å²) in [6, 6.07) is 32.3. The van der Waals surface area contributed by atoms with E-state index in [1.54, 1.807) is 6.08 Å². The van der Waals surface area contributed by atoms with Crippen LogP contribution in [0, 0.1) is 0 Å². The fraction of sp³-hybridized carbons (Fsp3) is 0.256. The summed E-state index contributed by atoms with van der Waals surface area (Å²) in [4.78, 5) is 29.9. The summed E-state index contributed by atoms with van der Waals surface area (Å²) in [5.74, 6) is 0.589. The highest BCUT2D eigenvalue weighted by atomic mass is 16.5. The minimum atomic E-state index is -0.568. The van der Waals surface area contributed by atoms with Crippen LogP contribution < -0.4 is 14.4 Å². The monoisotopic (exact) mass is 635 g/mol. The molecule has 0 N–H and O–H groups in total. The van der Waals surface area contributed by atoms with Crippen LogP contribution in [0.25, 0.3) is 16.8 Å². The number of ether oxygens (including phenoxy) is 2. The normalized spacial score (nSPS) is 15.2. The Morgan fingerprint density at radius 1 is 0.583 bits per heavy atom. The third-order valence-electron chi connectivity index (χ3n) is 8.97. The van der Waals surface area contributed by atoms with Gasteiger partial charge in [-0.3, -0.25) is 9.59 Å². The van der Waals surface area contributed by atoms with E-state index < -0.39 is 11.2 Å². The summed E-state index contributed by atoms with van der Waals surface area (Å²) >= 11 is 0. The van der Waals surface area contributed by atoms with Gasteiger partial charge in [-0.25, -0.2) is 0 Å². The molecule has 0 spiro atoms. The summed E-state index contributed by atoms with van der Waals surface area (Å²) in [5, 5.41) is 1.84. The van der Waals surface area contributed by atoms with E-state index in [9.17, 15) is 9.59 Å². The summed E-state index contributed by atoms with van der Waals surface area (Å²) in [5.41, 5.74) is 5.52. The number of Topliss-reactive ketones (excluding diaryl/α,β-unsaturated/α-hetero) is 2. The van der Waals surface area contributed by atoms with E-state index in [0.29, 0.717) is 28.2 Å². The molecule has 0 saturated heterocycles. The van der Waals surface area contributed by atoms with Gasteiger partial charge in [-0.1, -0.05) is 74.5 Å². The zero-order valence-corrected chi connectivity index (χ0v) is 28.9. The van der Waals surface area contributed by atoms with Crippen LogP contribution in [0.1, 0.15) is 92.8 Å². The van der Waals surface area contributed by atoms with Gasteiger partial charge in [0.15, 0.2) is 11.6 Å². The molecule has 5 nitrogen and oxygen atoms in total. The lowest BCUT2D eigenvalue weighted by atomic mass is 9.73. The van der Waals surface area contributed by atoms with Crippen molar-refractivity contribution < 1.29 is 19.1 Å². The Labute approximate surface area is 282 Å². The summed E-state index contributed by atoms with van der Waals surface area (Å²) in [6.07, 6.45) is 1.68. The van der Waals surface area contributed by atoms with Gasteiger partial charge in [0.25, 0.3) is 0 Å². The average Bonchev–Trinajstić information content (AvgIpc) is 3.24. The highest BCUT2D eigenvalue weighted by molar-refractivity contribution is 6.42. The number of carbonyl (C=O) groups excluding carboxylic acids is 2.